The van der Waals surface area contributed by atoms with Crippen LogP contribution in [0.3, 0.4) is 0 Å². The van der Waals surface area contributed by atoms with Crippen molar-refractivity contribution >= 4 is 33.0 Å². The molecule has 0 bridgehead atoms. The van der Waals surface area contributed by atoms with Gasteiger partial charge in [0.25, 0.3) is 0 Å². The molecule has 0 N–H and O–H groups in total. The molecule has 0 unspecified atom stereocenters. The number of rotatable bonds is 3. The lowest BCUT2D eigenvalue weighted by atomic mass is 10.1. The van der Waals surface area contributed by atoms with Gasteiger partial charge in [-0.1, -0.05) is 28.1 Å². The van der Waals surface area contributed by atoms with Gasteiger partial charge < -0.3 is 0 Å². The van der Waals surface area contributed by atoms with E-state index >= 15 is 0 Å². The summed E-state index contributed by atoms with van der Waals surface area (Å²) in [5, 5.41) is 0.880. The Morgan fingerprint density at radius 1 is 1.38 bits per heavy atom. The third kappa shape index (κ3) is 2.77. The Morgan fingerprint density at radius 2 is 2.06 bits per heavy atom. The summed E-state index contributed by atoms with van der Waals surface area (Å²) in [4.78, 5) is 17.2. The molecule has 0 fully saturated rings. The summed E-state index contributed by atoms with van der Waals surface area (Å²) >= 11 is 4.92. The monoisotopic (exact) mass is 295 g/mol. The molecule has 2 nitrogen and oxygen atoms in total. The van der Waals surface area contributed by atoms with E-state index in [4.69, 9.17) is 0 Å². The molecule has 0 saturated carbocycles. The minimum atomic E-state index is 0.113. The Bertz CT molecular complexity index is 504. The minimum Gasteiger partial charge on any atom is -0.294 e. The second kappa shape index (κ2) is 4.89. The quantitative estimate of drug-likeness (QED) is 0.809. The smallest absolute Gasteiger partial charge is 0.169 e. The molecule has 0 atom stereocenters. The van der Waals surface area contributed by atoms with Gasteiger partial charge in [-0.2, -0.15) is 0 Å². The summed E-state index contributed by atoms with van der Waals surface area (Å²) in [7, 11) is 0. The maximum atomic E-state index is 11.9. The predicted octanol–water partition coefficient (Wildman–Crippen LogP) is 3.64. The van der Waals surface area contributed by atoms with Crippen LogP contribution in [-0.2, 0) is 6.42 Å². The lowest BCUT2D eigenvalue weighted by Gasteiger charge is -1.98. The van der Waals surface area contributed by atoms with Crippen LogP contribution in [0.5, 0.6) is 0 Å². The molecule has 2 aromatic rings. The Balaban J connectivity index is 2.11. The number of ketones is 1. The highest BCUT2D eigenvalue weighted by molar-refractivity contribution is 9.10. The fourth-order valence-electron chi connectivity index (χ4n) is 1.36. The van der Waals surface area contributed by atoms with Gasteiger partial charge >= 0.3 is 0 Å². The Kier molecular flexibility index (Phi) is 3.51. The SMILES string of the molecule is Cc1cnc(CC(=O)c2ccc(Br)cc2)s1. The van der Waals surface area contributed by atoms with Crippen LogP contribution in [-0.4, -0.2) is 10.8 Å². The highest BCUT2D eigenvalue weighted by Gasteiger charge is 2.09. The van der Waals surface area contributed by atoms with Crippen molar-refractivity contribution in [1.29, 1.82) is 0 Å². The lowest BCUT2D eigenvalue weighted by molar-refractivity contribution is 0.0993. The Hall–Kier alpha value is -1.000. The van der Waals surface area contributed by atoms with Gasteiger partial charge in [-0.15, -0.1) is 11.3 Å². The fraction of sp³-hybridized carbons (Fsp3) is 0.167. The summed E-state index contributed by atoms with van der Waals surface area (Å²) in [6, 6.07) is 7.40. The van der Waals surface area contributed by atoms with Gasteiger partial charge in [-0.3, -0.25) is 4.79 Å². The van der Waals surface area contributed by atoms with E-state index in [2.05, 4.69) is 20.9 Å². The number of hydrogen-bond acceptors (Lipinski definition) is 3. The fourth-order valence-corrected chi connectivity index (χ4v) is 2.41. The first-order valence-electron chi connectivity index (χ1n) is 4.85. The van der Waals surface area contributed by atoms with Crippen molar-refractivity contribution < 1.29 is 4.79 Å². The highest BCUT2D eigenvalue weighted by atomic mass is 79.9. The zero-order chi connectivity index (χ0) is 11.5. The average Bonchev–Trinajstić information content (AvgIpc) is 2.65. The maximum Gasteiger partial charge on any atom is 0.169 e. The van der Waals surface area contributed by atoms with E-state index < -0.39 is 0 Å². The molecule has 1 aromatic heterocycles. The van der Waals surface area contributed by atoms with Gasteiger partial charge in [0.05, 0.1) is 6.42 Å². The molecule has 82 valence electrons. The van der Waals surface area contributed by atoms with Crippen molar-refractivity contribution in [2.45, 2.75) is 13.3 Å². The van der Waals surface area contributed by atoms with E-state index in [0.717, 1.165) is 19.9 Å². The van der Waals surface area contributed by atoms with Gasteiger partial charge in [-0.25, -0.2) is 4.98 Å². The van der Waals surface area contributed by atoms with Crippen LogP contribution in [0, 0.1) is 6.92 Å². The second-order valence-corrected chi connectivity index (χ2v) is 5.71. The van der Waals surface area contributed by atoms with Gasteiger partial charge in [0.15, 0.2) is 5.78 Å². The standard InChI is InChI=1S/C12H10BrNOS/c1-8-7-14-12(16-8)6-11(15)9-2-4-10(13)5-3-9/h2-5,7H,6H2,1H3. The zero-order valence-electron chi connectivity index (χ0n) is 8.74. The molecule has 2 rings (SSSR count). The van der Waals surface area contributed by atoms with Gasteiger partial charge in [-0.05, 0) is 19.1 Å². The van der Waals surface area contributed by atoms with Crippen molar-refractivity contribution in [1.82, 2.24) is 4.98 Å². The first-order valence-corrected chi connectivity index (χ1v) is 6.46. The van der Waals surface area contributed by atoms with Crippen molar-refractivity contribution in [2.24, 2.45) is 0 Å². The number of thiazole rings is 1. The van der Waals surface area contributed by atoms with Crippen LogP contribution in [0.1, 0.15) is 20.2 Å². The number of hydrogen-bond donors (Lipinski definition) is 0. The number of aryl methyl sites for hydroxylation is 1. The molecule has 1 aromatic carbocycles. The molecule has 0 radical (unpaired) electrons. The van der Waals surface area contributed by atoms with Crippen molar-refractivity contribution in [3.63, 3.8) is 0 Å². The summed E-state index contributed by atoms with van der Waals surface area (Å²) in [5.41, 5.74) is 0.732. The van der Waals surface area contributed by atoms with E-state index in [9.17, 15) is 4.79 Å². The molecule has 4 heteroatoms. The second-order valence-electron chi connectivity index (χ2n) is 3.47. The number of halogens is 1. The number of carbonyl (C=O) groups is 1. The van der Waals surface area contributed by atoms with Crippen LogP contribution >= 0.6 is 27.3 Å². The number of aromatic nitrogens is 1. The normalized spacial score (nSPS) is 10.4. The van der Waals surface area contributed by atoms with Gasteiger partial charge in [0.1, 0.15) is 5.01 Å². The molecule has 0 aliphatic heterocycles. The summed E-state index contributed by atoms with van der Waals surface area (Å²) in [6.07, 6.45) is 2.19. The minimum absolute atomic E-state index is 0.113. The molecule has 0 aliphatic carbocycles. The highest BCUT2D eigenvalue weighted by Crippen LogP contribution is 2.16. The Labute approximate surface area is 106 Å². The maximum absolute atomic E-state index is 11.9. The number of nitrogens with zero attached hydrogens (tertiary/aromatic N) is 1. The van der Waals surface area contributed by atoms with Gasteiger partial charge in [0, 0.05) is 21.1 Å². The first-order chi connectivity index (χ1) is 7.65. The molecular weight excluding hydrogens is 286 g/mol. The van der Waals surface area contributed by atoms with Crippen LogP contribution in [0.4, 0.5) is 0 Å². The zero-order valence-corrected chi connectivity index (χ0v) is 11.1. The molecule has 16 heavy (non-hydrogen) atoms. The largest absolute Gasteiger partial charge is 0.294 e. The first kappa shape index (κ1) is 11.5. The van der Waals surface area contributed by atoms with Gasteiger partial charge in [0.2, 0.25) is 0 Å². The molecular formula is C12H10BrNOS. The van der Waals surface area contributed by atoms with Crippen molar-refractivity contribution in [3.05, 3.63) is 50.4 Å². The third-order valence-corrected chi connectivity index (χ3v) is 3.59. The predicted molar refractivity (Wildman–Crippen MR) is 69.0 cm³/mol. The summed E-state index contributed by atoms with van der Waals surface area (Å²) < 4.78 is 0.981. The topological polar surface area (TPSA) is 30.0 Å². The van der Waals surface area contributed by atoms with E-state index in [-0.39, 0.29) is 5.78 Å². The van der Waals surface area contributed by atoms with E-state index in [1.54, 1.807) is 17.5 Å². The lowest BCUT2D eigenvalue weighted by Crippen LogP contribution is -2.02. The number of Topliss-reactive ketones (excluding diaryl/α,β-unsaturated/α-hetero) is 1. The molecule has 0 aliphatic rings. The van der Waals surface area contributed by atoms with E-state index in [1.165, 1.54) is 0 Å². The van der Waals surface area contributed by atoms with E-state index in [0.29, 0.717) is 6.42 Å². The Morgan fingerprint density at radius 3 is 2.62 bits per heavy atom. The molecule has 0 amide bonds. The third-order valence-electron chi connectivity index (χ3n) is 2.15. The molecule has 0 saturated heterocycles. The van der Waals surface area contributed by atoms with Crippen molar-refractivity contribution in [2.75, 3.05) is 0 Å². The molecule has 0 spiro atoms. The number of benzene rings is 1. The van der Waals surface area contributed by atoms with Crippen LogP contribution in [0.2, 0.25) is 0 Å². The van der Waals surface area contributed by atoms with Crippen LogP contribution in [0.25, 0.3) is 0 Å². The van der Waals surface area contributed by atoms with Crippen molar-refractivity contribution in [3.8, 4) is 0 Å². The van der Waals surface area contributed by atoms with Crippen LogP contribution < -0.4 is 0 Å². The summed E-state index contributed by atoms with van der Waals surface area (Å²) in [5.74, 6) is 0.113. The van der Waals surface area contributed by atoms with Crippen LogP contribution in [0.15, 0.2) is 34.9 Å². The average molecular weight is 296 g/mol. The number of carbonyl (C=O) groups excluding carboxylic acids is 1. The van der Waals surface area contributed by atoms with E-state index in [1.807, 2.05) is 31.2 Å². The molecule has 1 heterocycles. The summed E-state index contributed by atoms with van der Waals surface area (Å²) in [6.45, 7) is 1.99.